The lowest BCUT2D eigenvalue weighted by atomic mass is 10.0. The van der Waals surface area contributed by atoms with Crippen LogP contribution in [0.2, 0.25) is 0 Å². The van der Waals surface area contributed by atoms with Crippen LogP contribution in [0.3, 0.4) is 0 Å². The molecule has 0 saturated heterocycles. The smallest absolute Gasteiger partial charge is 0.238 e. The Bertz CT molecular complexity index is 270. The number of rotatable bonds is 5. The first-order valence-electron chi connectivity index (χ1n) is 4.14. The second-order valence-electron chi connectivity index (χ2n) is 3.39. The van der Waals surface area contributed by atoms with Gasteiger partial charge in [-0.3, -0.25) is 0 Å². The summed E-state index contributed by atoms with van der Waals surface area (Å²) in [5, 5.41) is 17.6. The number of halogens is 1. The van der Waals surface area contributed by atoms with Crippen molar-refractivity contribution in [3.63, 3.8) is 0 Å². The molecule has 0 aromatic rings. The minimum Gasteiger partial charge on any atom is -0.396 e. The first-order valence-corrected chi connectivity index (χ1v) is 6.45. The van der Waals surface area contributed by atoms with Crippen LogP contribution in [-0.4, -0.2) is 36.6 Å². The maximum Gasteiger partial charge on any atom is 0.238 e. The second-order valence-corrected chi connectivity index (χ2v) is 6.30. The van der Waals surface area contributed by atoms with Gasteiger partial charge in [0.05, 0.1) is 4.75 Å². The normalized spacial score (nSPS) is 22.7. The maximum atomic E-state index is 11.2. The summed E-state index contributed by atoms with van der Waals surface area (Å²) in [6.07, 6.45) is 1.26. The highest BCUT2D eigenvalue weighted by Crippen LogP contribution is 2.52. The van der Waals surface area contributed by atoms with E-state index in [9.17, 15) is 8.42 Å². The Morgan fingerprint density at radius 1 is 1.38 bits per heavy atom. The Balaban J connectivity index is 2.79. The first kappa shape index (κ1) is 11.2. The molecule has 78 valence electrons. The predicted octanol–water partition coefficient (Wildman–Crippen LogP) is 0.0785. The molecular weight excluding hydrogens is 216 g/mol. The summed E-state index contributed by atoms with van der Waals surface area (Å²) < 4.78 is 21.4. The molecule has 1 saturated carbocycles. The third-order valence-corrected chi connectivity index (χ3v) is 5.30. The molecule has 0 heterocycles. The summed E-state index contributed by atoms with van der Waals surface area (Å²) in [7, 11) is 1.65. The molecule has 13 heavy (non-hydrogen) atoms. The summed E-state index contributed by atoms with van der Waals surface area (Å²) >= 11 is 0. The molecule has 0 amide bonds. The van der Waals surface area contributed by atoms with Crippen LogP contribution in [0.1, 0.15) is 19.3 Å². The Kier molecular flexibility index (Phi) is 3.22. The van der Waals surface area contributed by atoms with E-state index in [4.69, 9.17) is 20.9 Å². The summed E-state index contributed by atoms with van der Waals surface area (Å²) in [6.45, 7) is -0.369. The van der Waals surface area contributed by atoms with E-state index >= 15 is 0 Å². The van der Waals surface area contributed by atoms with Crippen LogP contribution < -0.4 is 0 Å². The van der Waals surface area contributed by atoms with Crippen molar-refractivity contribution in [3.05, 3.63) is 0 Å². The van der Waals surface area contributed by atoms with Gasteiger partial charge in [0.15, 0.2) is 0 Å². The van der Waals surface area contributed by atoms with E-state index in [0.29, 0.717) is 12.8 Å². The largest absolute Gasteiger partial charge is 0.396 e. The zero-order valence-corrected chi connectivity index (χ0v) is 8.68. The van der Waals surface area contributed by atoms with Crippen LogP contribution >= 0.6 is 10.7 Å². The van der Waals surface area contributed by atoms with Crippen LogP contribution in [0.15, 0.2) is 0 Å². The van der Waals surface area contributed by atoms with Gasteiger partial charge < -0.3 is 10.2 Å². The van der Waals surface area contributed by atoms with Crippen molar-refractivity contribution in [2.24, 2.45) is 5.92 Å². The lowest BCUT2D eigenvalue weighted by molar-refractivity contribution is 0.175. The summed E-state index contributed by atoms with van der Waals surface area (Å²) in [6, 6.07) is 0. The van der Waals surface area contributed by atoms with E-state index in [1.54, 1.807) is 0 Å². The van der Waals surface area contributed by atoms with Crippen LogP contribution in [0.4, 0.5) is 0 Å². The topological polar surface area (TPSA) is 74.6 Å². The standard InChI is InChI=1S/C7H13ClO4S/c8-13(11,12)7(2-3-7)6(5-10)1-4-9/h6,9-10H,1-5H2. The Labute approximate surface area is 81.9 Å². The average Bonchev–Trinajstić information content (AvgIpc) is 2.78. The van der Waals surface area contributed by atoms with Crippen molar-refractivity contribution >= 4 is 19.7 Å². The molecule has 1 unspecified atom stereocenters. The van der Waals surface area contributed by atoms with Crippen molar-refractivity contribution in [2.75, 3.05) is 13.2 Å². The van der Waals surface area contributed by atoms with Crippen molar-refractivity contribution in [1.82, 2.24) is 0 Å². The molecule has 0 aromatic carbocycles. The number of hydrogen-bond acceptors (Lipinski definition) is 4. The van der Waals surface area contributed by atoms with E-state index < -0.39 is 19.7 Å². The summed E-state index contributed by atoms with van der Waals surface area (Å²) in [5.41, 5.74) is 0. The number of aliphatic hydroxyl groups is 2. The number of hydrogen-bond donors (Lipinski definition) is 2. The van der Waals surface area contributed by atoms with Crippen LogP contribution in [0.25, 0.3) is 0 Å². The molecule has 6 heteroatoms. The van der Waals surface area contributed by atoms with Crippen molar-refractivity contribution in [2.45, 2.75) is 24.0 Å². The Morgan fingerprint density at radius 2 is 1.92 bits per heavy atom. The third kappa shape index (κ3) is 1.98. The predicted molar refractivity (Wildman–Crippen MR) is 49.0 cm³/mol. The van der Waals surface area contributed by atoms with Gasteiger partial charge in [-0.15, -0.1) is 0 Å². The van der Waals surface area contributed by atoms with E-state index in [1.165, 1.54) is 0 Å². The van der Waals surface area contributed by atoms with Gasteiger partial charge in [-0.1, -0.05) is 0 Å². The molecule has 1 rings (SSSR count). The molecule has 2 N–H and O–H groups in total. The van der Waals surface area contributed by atoms with Crippen LogP contribution in [-0.2, 0) is 9.05 Å². The maximum absolute atomic E-state index is 11.2. The molecule has 0 bridgehead atoms. The van der Waals surface area contributed by atoms with E-state index in [2.05, 4.69) is 0 Å². The summed E-state index contributed by atoms with van der Waals surface area (Å²) in [4.78, 5) is 0. The van der Waals surface area contributed by atoms with Gasteiger partial charge in [-0.05, 0) is 19.3 Å². The van der Waals surface area contributed by atoms with Crippen LogP contribution in [0.5, 0.6) is 0 Å². The first-order chi connectivity index (χ1) is 5.98. The van der Waals surface area contributed by atoms with Crippen molar-refractivity contribution < 1.29 is 18.6 Å². The monoisotopic (exact) mass is 228 g/mol. The lowest BCUT2D eigenvalue weighted by Crippen LogP contribution is -2.32. The minimum atomic E-state index is -3.62. The fourth-order valence-corrected chi connectivity index (χ4v) is 3.67. The number of aliphatic hydroxyl groups excluding tert-OH is 2. The Morgan fingerprint density at radius 3 is 2.15 bits per heavy atom. The highest BCUT2D eigenvalue weighted by Gasteiger charge is 2.58. The molecule has 0 spiro atoms. The van der Waals surface area contributed by atoms with Crippen molar-refractivity contribution in [3.8, 4) is 0 Å². The van der Waals surface area contributed by atoms with E-state index in [-0.39, 0.29) is 19.6 Å². The minimum absolute atomic E-state index is 0.126. The van der Waals surface area contributed by atoms with Gasteiger partial charge in [-0.25, -0.2) is 8.42 Å². The van der Waals surface area contributed by atoms with Gasteiger partial charge in [0, 0.05) is 29.8 Å². The van der Waals surface area contributed by atoms with Gasteiger partial charge in [0.1, 0.15) is 0 Å². The zero-order chi connectivity index (χ0) is 10.1. The second kappa shape index (κ2) is 3.73. The molecule has 1 aliphatic carbocycles. The third-order valence-electron chi connectivity index (χ3n) is 2.67. The van der Waals surface area contributed by atoms with Crippen LogP contribution in [0, 0.1) is 5.92 Å². The van der Waals surface area contributed by atoms with Gasteiger partial charge in [0.25, 0.3) is 0 Å². The zero-order valence-electron chi connectivity index (χ0n) is 7.11. The molecule has 1 aliphatic rings. The fourth-order valence-electron chi connectivity index (χ4n) is 1.65. The molecule has 1 fully saturated rings. The lowest BCUT2D eigenvalue weighted by Gasteiger charge is -2.21. The van der Waals surface area contributed by atoms with Gasteiger partial charge in [-0.2, -0.15) is 0 Å². The molecule has 1 atom stereocenters. The van der Waals surface area contributed by atoms with Gasteiger partial charge >= 0.3 is 0 Å². The molecule has 4 nitrogen and oxygen atoms in total. The fraction of sp³-hybridized carbons (Fsp3) is 1.00. The molecule has 0 aromatic heterocycles. The van der Waals surface area contributed by atoms with Gasteiger partial charge in [0.2, 0.25) is 9.05 Å². The SMILES string of the molecule is O=S(=O)(Cl)C1(C(CO)CCO)CC1. The molecule has 0 radical (unpaired) electrons. The van der Waals surface area contributed by atoms with E-state index in [1.807, 2.05) is 0 Å². The Hall–Kier alpha value is 0.160. The van der Waals surface area contributed by atoms with Crippen molar-refractivity contribution in [1.29, 1.82) is 0 Å². The molecule has 0 aliphatic heterocycles. The highest BCUT2D eigenvalue weighted by atomic mass is 35.7. The average molecular weight is 229 g/mol. The molecular formula is C7H13ClO4S. The summed E-state index contributed by atoms with van der Waals surface area (Å²) in [5.74, 6) is -0.431. The van der Waals surface area contributed by atoms with E-state index in [0.717, 1.165) is 0 Å². The quantitative estimate of drug-likeness (QED) is 0.654. The highest BCUT2D eigenvalue weighted by molar-refractivity contribution is 8.15.